The fraction of sp³-hybridized carbons (Fsp3) is 0.143. The van der Waals surface area contributed by atoms with Crippen molar-refractivity contribution in [3.8, 4) is 0 Å². The van der Waals surface area contributed by atoms with Crippen molar-refractivity contribution in [2.75, 3.05) is 17.2 Å². The number of rotatable bonds is 3. The molecule has 0 radical (unpaired) electrons. The molecule has 2 rings (SSSR count). The van der Waals surface area contributed by atoms with E-state index in [0.717, 1.165) is 5.69 Å². The summed E-state index contributed by atoms with van der Waals surface area (Å²) in [6.07, 6.45) is 0. The molecule has 0 heterocycles. The van der Waals surface area contributed by atoms with Crippen LogP contribution < -0.4 is 10.6 Å². The van der Waals surface area contributed by atoms with Gasteiger partial charge in [-0.3, -0.25) is 0 Å². The minimum absolute atomic E-state index is 0.279. The number of hydrogen-bond acceptors (Lipinski definition) is 2. The summed E-state index contributed by atoms with van der Waals surface area (Å²) in [4.78, 5) is 1.80. The van der Waals surface area contributed by atoms with Crippen LogP contribution in [0.5, 0.6) is 0 Å². The molecule has 2 aromatic carbocycles. The largest absolute Gasteiger partial charge is 0.397 e. The van der Waals surface area contributed by atoms with Gasteiger partial charge in [0, 0.05) is 11.6 Å². The van der Waals surface area contributed by atoms with Gasteiger partial charge in [-0.2, -0.15) is 0 Å². The van der Waals surface area contributed by atoms with E-state index in [-0.39, 0.29) is 5.82 Å². The van der Waals surface area contributed by atoms with Crippen LogP contribution in [0.25, 0.3) is 0 Å². The molecule has 94 valence electrons. The Morgan fingerprint density at radius 1 is 1.17 bits per heavy atom. The Kier molecular flexibility index (Phi) is 3.72. The average Bonchev–Trinajstić information content (AvgIpc) is 2.36. The van der Waals surface area contributed by atoms with Crippen LogP contribution in [0.1, 0.15) is 6.92 Å². The van der Waals surface area contributed by atoms with Crippen LogP contribution in [0.4, 0.5) is 21.5 Å². The summed E-state index contributed by atoms with van der Waals surface area (Å²) < 4.78 is 13.8. The summed E-state index contributed by atoms with van der Waals surface area (Å²) in [7, 11) is 0. The highest BCUT2D eigenvalue weighted by Gasteiger charge is 2.14. The zero-order valence-electron chi connectivity index (χ0n) is 10.0. The molecule has 0 aliphatic carbocycles. The van der Waals surface area contributed by atoms with E-state index in [9.17, 15) is 4.39 Å². The van der Waals surface area contributed by atoms with Crippen LogP contribution in [-0.2, 0) is 0 Å². The average molecular weight is 265 g/mol. The normalized spacial score (nSPS) is 10.4. The molecule has 0 atom stereocenters. The maximum atomic E-state index is 13.8. The molecule has 0 aromatic heterocycles. The molecule has 0 saturated carbocycles. The maximum absolute atomic E-state index is 13.8. The Bertz CT molecular complexity index is 557. The summed E-state index contributed by atoms with van der Waals surface area (Å²) in [5.74, 6) is -0.279. The van der Waals surface area contributed by atoms with E-state index in [1.807, 2.05) is 6.92 Å². The third-order valence-corrected chi connectivity index (χ3v) is 2.98. The van der Waals surface area contributed by atoms with E-state index in [1.165, 1.54) is 6.07 Å². The van der Waals surface area contributed by atoms with Gasteiger partial charge in [-0.05, 0) is 37.3 Å². The lowest BCUT2D eigenvalue weighted by atomic mass is 10.2. The minimum Gasteiger partial charge on any atom is -0.397 e. The van der Waals surface area contributed by atoms with Crippen molar-refractivity contribution >= 4 is 28.7 Å². The highest BCUT2D eigenvalue weighted by Crippen LogP contribution is 2.33. The molecule has 0 aliphatic rings. The summed E-state index contributed by atoms with van der Waals surface area (Å²) in [6, 6.07) is 11.8. The number of nitrogens with zero attached hydrogens (tertiary/aromatic N) is 1. The number of nitrogens with two attached hydrogens (primary N) is 1. The lowest BCUT2D eigenvalue weighted by Gasteiger charge is -2.25. The van der Waals surface area contributed by atoms with Gasteiger partial charge >= 0.3 is 0 Å². The highest BCUT2D eigenvalue weighted by molar-refractivity contribution is 6.31. The molecular weight excluding hydrogens is 251 g/mol. The number of anilines is 3. The van der Waals surface area contributed by atoms with Crippen LogP contribution in [0.15, 0.2) is 42.5 Å². The van der Waals surface area contributed by atoms with E-state index in [4.69, 9.17) is 17.3 Å². The van der Waals surface area contributed by atoms with Crippen molar-refractivity contribution in [2.45, 2.75) is 6.92 Å². The lowest BCUT2D eigenvalue weighted by molar-refractivity contribution is 0.626. The van der Waals surface area contributed by atoms with E-state index < -0.39 is 0 Å². The first-order chi connectivity index (χ1) is 8.63. The van der Waals surface area contributed by atoms with E-state index in [1.54, 1.807) is 41.3 Å². The molecule has 2 N–H and O–H groups in total. The van der Waals surface area contributed by atoms with Crippen molar-refractivity contribution in [1.29, 1.82) is 0 Å². The van der Waals surface area contributed by atoms with Crippen LogP contribution in [0.2, 0.25) is 5.02 Å². The van der Waals surface area contributed by atoms with Crippen molar-refractivity contribution in [1.82, 2.24) is 0 Å². The Balaban J connectivity index is 2.52. The smallest absolute Gasteiger partial charge is 0.146 e. The van der Waals surface area contributed by atoms with Gasteiger partial charge in [0.25, 0.3) is 0 Å². The summed E-state index contributed by atoms with van der Waals surface area (Å²) in [6.45, 7) is 2.54. The van der Waals surface area contributed by atoms with Crippen molar-refractivity contribution in [3.63, 3.8) is 0 Å². The molecule has 0 saturated heterocycles. The van der Waals surface area contributed by atoms with Crippen LogP contribution in [0, 0.1) is 5.82 Å². The summed E-state index contributed by atoms with van der Waals surface area (Å²) in [5.41, 5.74) is 7.72. The third kappa shape index (κ3) is 2.41. The van der Waals surface area contributed by atoms with E-state index >= 15 is 0 Å². The second kappa shape index (κ2) is 5.27. The van der Waals surface area contributed by atoms with Gasteiger partial charge in [0.2, 0.25) is 0 Å². The van der Waals surface area contributed by atoms with Crippen molar-refractivity contribution < 1.29 is 4.39 Å². The molecular formula is C14H14ClFN2. The highest BCUT2D eigenvalue weighted by atomic mass is 35.5. The molecule has 2 aromatic rings. The monoisotopic (exact) mass is 264 g/mol. The predicted molar refractivity (Wildman–Crippen MR) is 74.9 cm³/mol. The molecule has 0 aliphatic heterocycles. The Labute approximate surface area is 111 Å². The number of para-hydroxylation sites is 1. The van der Waals surface area contributed by atoms with Gasteiger partial charge in [-0.15, -0.1) is 0 Å². The molecule has 2 nitrogen and oxygen atoms in total. The Morgan fingerprint density at radius 3 is 2.56 bits per heavy atom. The van der Waals surface area contributed by atoms with Gasteiger partial charge in [0.05, 0.1) is 17.1 Å². The maximum Gasteiger partial charge on any atom is 0.146 e. The molecule has 18 heavy (non-hydrogen) atoms. The van der Waals surface area contributed by atoms with Crippen LogP contribution >= 0.6 is 11.6 Å². The molecule has 0 fully saturated rings. The first-order valence-corrected chi connectivity index (χ1v) is 6.08. The zero-order valence-corrected chi connectivity index (χ0v) is 10.8. The van der Waals surface area contributed by atoms with E-state index in [0.29, 0.717) is 22.9 Å². The lowest BCUT2D eigenvalue weighted by Crippen LogP contribution is -2.18. The third-order valence-electron chi connectivity index (χ3n) is 2.74. The van der Waals surface area contributed by atoms with Crippen LogP contribution in [-0.4, -0.2) is 6.54 Å². The fourth-order valence-electron chi connectivity index (χ4n) is 1.89. The van der Waals surface area contributed by atoms with Crippen LogP contribution in [0.3, 0.4) is 0 Å². The fourth-order valence-corrected chi connectivity index (χ4v) is 2.06. The second-order valence-corrected chi connectivity index (χ2v) is 4.34. The quantitative estimate of drug-likeness (QED) is 0.841. The van der Waals surface area contributed by atoms with E-state index in [2.05, 4.69) is 0 Å². The van der Waals surface area contributed by atoms with Gasteiger partial charge in [-0.25, -0.2) is 4.39 Å². The van der Waals surface area contributed by atoms with Gasteiger partial charge < -0.3 is 10.6 Å². The molecule has 0 unspecified atom stereocenters. The van der Waals surface area contributed by atoms with Gasteiger partial charge in [0.15, 0.2) is 0 Å². The standard InChI is InChI=1S/C14H14ClFN2/c1-2-18(13-6-4-3-5-11(13)16)14-9-10(15)7-8-12(14)17/h3-9H,2,17H2,1H3. The van der Waals surface area contributed by atoms with Gasteiger partial charge in [0.1, 0.15) is 5.82 Å². The summed E-state index contributed by atoms with van der Waals surface area (Å²) in [5, 5.41) is 0.578. The predicted octanol–water partition coefficient (Wildman–Crippen LogP) is 4.22. The SMILES string of the molecule is CCN(c1cc(Cl)ccc1N)c1ccccc1F. The molecule has 0 bridgehead atoms. The van der Waals surface area contributed by atoms with Crippen molar-refractivity contribution in [3.05, 3.63) is 53.3 Å². The number of nitrogen functional groups attached to an aromatic ring is 1. The summed E-state index contributed by atoms with van der Waals surface area (Å²) >= 11 is 5.97. The first-order valence-electron chi connectivity index (χ1n) is 5.70. The number of benzene rings is 2. The zero-order chi connectivity index (χ0) is 13.1. The number of hydrogen-bond donors (Lipinski definition) is 1. The Hall–Kier alpha value is -1.74. The second-order valence-electron chi connectivity index (χ2n) is 3.90. The first kappa shape index (κ1) is 12.7. The van der Waals surface area contributed by atoms with Crippen molar-refractivity contribution in [2.24, 2.45) is 0 Å². The Morgan fingerprint density at radius 2 is 1.89 bits per heavy atom. The molecule has 0 spiro atoms. The van der Waals surface area contributed by atoms with Gasteiger partial charge in [-0.1, -0.05) is 23.7 Å². The topological polar surface area (TPSA) is 29.3 Å². The number of halogens is 2. The minimum atomic E-state index is -0.279. The molecule has 4 heteroatoms. The molecule has 0 amide bonds.